The Morgan fingerprint density at radius 1 is 0.837 bits per heavy atom. The molecule has 2 unspecified atom stereocenters. The number of quaternary nitrogens is 1. The van der Waals surface area contributed by atoms with E-state index in [2.05, 4.69) is 0 Å². The molecule has 2 aliphatic rings. The molecule has 0 radical (unpaired) electrons. The highest BCUT2D eigenvalue weighted by atomic mass is 17.0. The molecule has 3 atom stereocenters. The van der Waals surface area contributed by atoms with E-state index in [9.17, 15) is 24.0 Å². The number of hydrogen-bond acceptors (Lipinski definition) is 10. The van der Waals surface area contributed by atoms with Crippen LogP contribution in [0.15, 0.2) is 121 Å². The number of para-hydroxylation sites is 1. The largest absolute Gasteiger partial charge is 0.530 e. The second-order valence-corrected chi connectivity index (χ2v) is 11.6. The van der Waals surface area contributed by atoms with Crippen molar-refractivity contribution in [3.63, 3.8) is 0 Å². The van der Waals surface area contributed by atoms with Crippen LogP contribution in [0, 0.1) is 0 Å². The molecule has 2 heterocycles. The van der Waals surface area contributed by atoms with E-state index in [0.29, 0.717) is 21.9 Å². The molecule has 0 saturated carbocycles. The number of carbonyl (C=O) groups is 5. The Bertz CT molecular complexity index is 1790. The molecule has 0 aromatic heterocycles. The first-order chi connectivity index (χ1) is 23.8. The second kappa shape index (κ2) is 14.2. The Kier molecular flexibility index (Phi) is 9.63. The van der Waals surface area contributed by atoms with Crippen molar-refractivity contribution in [3.05, 3.63) is 138 Å². The van der Waals surface area contributed by atoms with Crippen LogP contribution in [0.2, 0.25) is 0 Å². The molecule has 2 aliphatic heterocycles. The maximum Gasteiger partial charge on any atom is 0.530 e. The molecular formula is C37H34N3O9+. The van der Waals surface area contributed by atoms with E-state index in [1.54, 1.807) is 97.1 Å². The molecule has 4 aromatic carbocycles. The summed E-state index contributed by atoms with van der Waals surface area (Å²) in [6.07, 6.45) is -1.20. The van der Waals surface area contributed by atoms with E-state index in [4.69, 9.17) is 24.9 Å². The van der Waals surface area contributed by atoms with E-state index in [1.807, 2.05) is 12.1 Å². The lowest BCUT2D eigenvalue weighted by Crippen LogP contribution is -2.69. The zero-order valence-corrected chi connectivity index (χ0v) is 26.4. The van der Waals surface area contributed by atoms with Crippen LogP contribution < -0.4 is 10.2 Å². The van der Waals surface area contributed by atoms with Gasteiger partial charge in [-0.15, -0.1) is 4.48 Å². The molecule has 4 aromatic rings. The summed E-state index contributed by atoms with van der Waals surface area (Å²) in [6.45, 7) is -1.38. The van der Waals surface area contributed by atoms with E-state index in [1.165, 1.54) is 12.1 Å². The monoisotopic (exact) mass is 664 g/mol. The standard InChI is InChI=1S/C37H34N3O9/c38-23-31(41)40(29-19-11-4-12-20-29,36(45)46-24-26-13-5-1-6-14-26)30-25-47-39(34(30)43)49-35(44)37(22-21-32(42)48-37)33(27-15-7-2-8-16-27)28-17-9-3-10-18-28/h1-20,30,33H,21-25,38H2/q+1/t30-,37?,40?/m0/s1. The van der Waals surface area contributed by atoms with Gasteiger partial charge in [0.2, 0.25) is 11.6 Å². The minimum Gasteiger partial charge on any atom is -0.446 e. The average Bonchev–Trinajstić information content (AvgIpc) is 3.71. The zero-order chi connectivity index (χ0) is 34.4. The van der Waals surface area contributed by atoms with Gasteiger partial charge in [0.25, 0.3) is 0 Å². The molecule has 2 saturated heterocycles. The van der Waals surface area contributed by atoms with Gasteiger partial charge in [0.05, 0.1) is 5.92 Å². The van der Waals surface area contributed by atoms with Crippen LogP contribution in [0.3, 0.4) is 0 Å². The molecular weight excluding hydrogens is 630 g/mol. The number of hydrogen-bond donors (Lipinski definition) is 1. The van der Waals surface area contributed by atoms with E-state index in [0.717, 1.165) is 0 Å². The van der Waals surface area contributed by atoms with Gasteiger partial charge in [0.15, 0.2) is 5.69 Å². The first kappa shape index (κ1) is 33.2. The second-order valence-electron chi connectivity index (χ2n) is 11.6. The number of imide groups is 1. The molecule has 2 N–H and O–H groups in total. The highest BCUT2D eigenvalue weighted by molar-refractivity contribution is 6.11. The number of cyclic esters (lactones) is 1. The highest BCUT2D eigenvalue weighted by Gasteiger charge is 2.63. The summed E-state index contributed by atoms with van der Waals surface area (Å²) in [6, 6.07) is 33.1. The third-order valence-electron chi connectivity index (χ3n) is 8.75. The van der Waals surface area contributed by atoms with Gasteiger partial charge in [-0.1, -0.05) is 109 Å². The summed E-state index contributed by atoms with van der Waals surface area (Å²) in [5, 5.41) is 0.345. The zero-order valence-electron chi connectivity index (χ0n) is 26.4. The predicted molar refractivity (Wildman–Crippen MR) is 174 cm³/mol. The first-order valence-corrected chi connectivity index (χ1v) is 15.7. The first-order valence-electron chi connectivity index (χ1n) is 15.7. The Hall–Kier alpha value is -5.69. The summed E-state index contributed by atoms with van der Waals surface area (Å²) in [4.78, 5) is 80.2. The van der Waals surface area contributed by atoms with Crippen molar-refractivity contribution in [2.24, 2.45) is 5.73 Å². The van der Waals surface area contributed by atoms with Crippen molar-refractivity contribution < 1.29 is 43.1 Å². The highest BCUT2D eigenvalue weighted by Crippen LogP contribution is 2.45. The van der Waals surface area contributed by atoms with Gasteiger partial charge in [-0.05, 0) is 21.9 Å². The minimum atomic E-state index is -1.88. The summed E-state index contributed by atoms with van der Waals surface area (Å²) in [5.74, 6) is -4.37. The van der Waals surface area contributed by atoms with Crippen LogP contribution in [-0.2, 0) is 44.9 Å². The maximum absolute atomic E-state index is 14.3. The van der Waals surface area contributed by atoms with Crippen molar-refractivity contribution in [2.45, 2.75) is 37.0 Å². The average molecular weight is 665 g/mol. The van der Waals surface area contributed by atoms with Crippen LogP contribution in [0.1, 0.15) is 35.4 Å². The normalized spacial score (nSPS) is 20.0. The summed E-state index contributed by atoms with van der Waals surface area (Å²) in [7, 11) is 0. The molecule has 12 nitrogen and oxygen atoms in total. The molecule has 0 spiro atoms. The van der Waals surface area contributed by atoms with E-state index < -0.39 is 65.0 Å². The summed E-state index contributed by atoms with van der Waals surface area (Å²) < 4.78 is 10.2. The Labute approximate surface area is 282 Å². The topological polar surface area (TPSA) is 152 Å². The van der Waals surface area contributed by atoms with Gasteiger partial charge >= 0.3 is 29.8 Å². The van der Waals surface area contributed by atoms with Gasteiger partial charge in [-0.3, -0.25) is 9.59 Å². The lowest BCUT2D eigenvalue weighted by Gasteiger charge is -2.35. The van der Waals surface area contributed by atoms with Crippen molar-refractivity contribution in [1.82, 2.24) is 9.71 Å². The summed E-state index contributed by atoms with van der Waals surface area (Å²) in [5.41, 5.74) is 6.05. The minimum absolute atomic E-state index is 0.0495. The number of hydroxylamine groups is 2. The van der Waals surface area contributed by atoms with Crippen molar-refractivity contribution >= 4 is 35.5 Å². The number of amides is 3. The fourth-order valence-electron chi connectivity index (χ4n) is 6.44. The van der Waals surface area contributed by atoms with Gasteiger partial charge in [0.1, 0.15) is 19.8 Å². The molecule has 250 valence electrons. The third-order valence-corrected chi connectivity index (χ3v) is 8.75. The molecule has 6 rings (SSSR count). The Morgan fingerprint density at radius 3 is 1.92 bits per heavy atom. The number of rotatable bonds is 10. The maximum atomic E-state index is 14.3. The molecule has 0 aliphatic carbocycles. The van der Waals surface area contributed by atoms with Gasteiger partial charge in [0, 0.05) is 25.0 Å². The van der Waals surface area contributed by atoms with Crippen LogP contribution in [0.5, 0.6) is 0 Å². The SMILES string of the molecule is NCC(=O)[N+](C(=O)OCc1ccccc1)(c1ccccc1)[C@H]1CON(OC(=O)C2(C(c3ccccc3)c3ccccc3)CCC(=O)O2)C1=O. The fourth-order valence-corrected chi connectivity index (χ4v) is 6.44. The van der Waals surface area contributed by atoms with Gasteiger partial charge < -0.3 is 20.0 Å². The number of esters is 1. The van der Waals surface area contributed by atoms with E-state index >= 15 is 0 Å². The van der Waals surface area contributed by atoms with Crippen LogP contribution in [-0.4, -0.2) is 59.9 Å². The molecule has 2 fully saturated rings. The lowest BCUT2D eigenvalue weighted by atomic mass is 9.76. The Balaban J connectivity index is 1.34. The summed E-state index contributed by atoms with van der Waals surface area (Å²) >= 11 is 0. The quantitative estimate of drug-likeness (QED) is 0.192. The fraction of sp³-hybridized carbons (Fsp3) is 0.216. The van der Waals surface area contributed by atoms with Crippen molar-refractivity contribution in [1.29, 1.82) is 0 Å². The molecule has 3 amide bonds. The number of nitrogens with two attached hydrogens (primary N) is 1. The molecule has 12 heteroatoms. The molecule has 0 bridgehead atoms. The van der Waals surface area contributed by atoms with Gasteiger partial charge in [-0.25, -0.2) is 14.4 Å². The van der Waals surface area contributed by atoms with E-state index in [-0.39, 0.29) is 25.1 Å². The van der Waals surface area contributed by atoms with Crippen molar-refractivity contribution in [2.75, 3.05) is 13.2 Å². The van der Waals surface area contributed by atoms with Gasteiger partial charge in [-0.2, -0.15) is 4.79 Å². The third kappa shape index (κ3) is 6.20. The van der Waals surface area contributed by atoms with Crippen LogP contribution in [0.25, 0.3) is 0 Å². The number of ether oxygens (including phenoxy) is 2. The smallest absolute Gasteiger partial charge is 0.446 e. The van der Waals surface area contributed by atoms with Crippen LogP contribution >= 0.6 is 0 Å². The Morgan fingerprint density at radius 2 is 1.39 bits per heavy atom. The number of nitrogens with zero attached hydrogens (tertiary/aromatic N) is 2. The van der Waals surface area contributed by atoms with Crippen molar-refractivity contribution in [3.8, 4) is 0 Å². The molecule has 49 heavy (non-hydrogen) atoms. The number of carbonyl (C=O) groups excluding carboxylic acids is 5. The van der Waals surface area contributed by atoms with Crippen LogP contribution in [0.4, 0.5) is 10.5 Å². The predicted octanol–water partition coefficient (Wildman–Crippen LogP) is 4.32. The lowest BCUT2D eigenvalue weighted by molar-refractivity contribution is -0.310. The number of benzene rings is 4.